The first-order chi connectivity index (χ1) is 14.2. The molecule has 0 atom stereocenters. The highest BCUT2D eigenvalue weighted by Gasteiger charge is 2.14. The van der Waals surface area contributed by atoms with Crippen LogP contribution >= 0.6 is 23.6 Å². The van der Waals surface area contributed by atoms with E-state index in [-0.39, 0.29) is 5.82 Å². The van der Waals surface area contributed by atoms with Gasteiger partial charge < -0.3 is 0 Å². The summed E-state index contributed by atoms with van der Waals surface area (Å²) < 4.78 is 17.9. The van der Waals surface area contributed by atoms with Gasteiger partial charge in [-0.2, -0.15) is 5.10 Å². The van der Waals surface area contributed by atoms with Crippen molar-refractivity contribution in [2.75, 3.05) is 0 Å². The van der Waals surface area contributed by atoms with E-state index in [9.17, 15) is 4.39 Å². The van der Waals surface area contributed by atoms with Crippen molar-refractivity contribution in [2.45, 2.75) is 13.0 Å². The van der Waals surface area contributed by atoms with Crippen LogP contribution < -0.4 is 0 Å². The van der Waals surface area contributed by atoms with Gasteiger partial charge in [-0.05, 0) is 42.0 Å². The maximum absolute atomic E-state index is 13.2. The summed E-state index contributed by atoms with van der Waals surface area (Å²) in [7, 11) is 0. The van der Waals surface area contributed by atoms with Crippen LogP contribution in [0.3, 0.4) is 0 Å². The van der Waals surface area contributed by atoms with Crippen molar-refractivity contribution in [3.05, 3.63) is 93.8 Å². The highest BCUT2D eigenvalue weighted by Crippen LogP contribution is 2.25. The van der Waals surface area contributed by atoms with Gasteiger partial charge in [0.25, 0.3) is 0 Å². The summed E-state index contributed by atoms with van der Waals surface area (Å²) in [6.07, 6.45) is 2.61. The van der Waals surface area contributed by atoms with Crippen molar-refractivity contribution in [2.24, 2.45) is 0 Å². The zero-order chi connectivity index (χ0) is 19.8. The number of benzene rings is 2. The number of hydrogen-bond donors (Lipinski definition) is 1. The van der Waals surface area contributed by atoms with Crippen molar-refractivity contribution in [3.63, 3.8) is 0 Å². The average molecular weight is 422 g/mol. The Labute approximate surface area is 175 Å². The van der Waals surface area contributed by atoms with E-state index in [4.69, 9.17) is 12.2 Å². The standard InChI is InChI=1S/C21H16FN5S2/c22-16-8-6-15(7-9-16)18-12-26-17(13-29-21(26)23-18)10-19-24-25-20(28)27(19)11-14-4-2-1-3-5-14/h1-9,12-13H,10-11H2,(H,25,28). The number of aromatic amines is 1. The number of aromatic nitrogens is 5. The fourth-order valence-electron chi connectivity index (χ4n) is 3.29. The molecule has 3 heterocycles. The van der Waals surface area contributed by atoms with Gasteiger partial charge in [-0.15, -0.1) is 11.3 Å². The molecule has 0 bridgehead atoms. The highest BCUT2D eigenvalue weighted by atomic mass is 32.1. The number of imidazole rings is 1. The quantitative estimate of drug-likeness (QED) is 0.402. The van der Waals surface area contributed by atoms with E-state index in [1.54, 1.807) is 23.5 Å². The molecule has 5 rings (SSSR count). The predicted octanol–water partition coefficient (Wildman–Crippen LogP) is 5.10. The second kappa shape index (κ2) is 7.38. The number of thiazole rings is 1. The monoisotopic (exact) mass is 421 g/mol. The van der Waals surface area contributed by atoms with Crippen molar-refractivity contribution in [1.82, 2.24) is 24.1 Å². The van der Waals surface area contributed by atoms with Crippen LogP contribution in [0, 0.1) is 10.6 Å². The van der Waals surface area contributed by atoms with Crippen LogP contribution in [0.4, 0.5) is 4.39 Å². The van der Waals surface area contributed by atoms with E-state index in [1.165, 1.54) is 17.7 Å². The molecule has 0 saturated heterocycles. The van der Waals surface area contributed by atoms with Gasteiger partial charge in [0.05, 0.1) is 12.2 Å². The van der Waals surface area contributed by atoms with Crippen LogP contribution in [0.5, 0.6) is 0 Å². The highest BCUT2D eigenvalue weighted by molar-refractivity contribution is 7.71. The zero-order valence-electron chi connectivity index (χ0n) is 15.2. The first-order valence-electron chi connectivity index (χ1n) is 9.07. The first kappa shape index (κ1) is 18.0. The molecule has 0 aliphatic rings. The summed E-state index contributed by atoms with van der Waals surface area (Å²) in [4.78, 5) is 5.57. The van der Waals surface area contributed by atoms with E-state index in [1.807, 2.05) is 29.0 Å². The van der Waals surface area contributed by atoms with E-state index >= 15 is 0 Å². The second-order valence-corrected chi connectivity index (χ2v) is 7.93. The molecule has 5 aromatic rings. The maximum atomic E-state index is 13.2. The van der Waals surface area contributed by atoms with Crippen LogP contribution in [0.25, 0.3) is 16.2 Å². The van der Waals surface area contributed by atoms with Gasteiger partial charge in [0.15, 0.2) is 9.73 Å². The molecule has 144 valence electrons. The third kappa shape index (κ3) is 3.52. The van der Waals surface area contributed by atoms with E-state index in [0.29, 0.717) is 17.7 Å². The van der Waals surface area contributed by atoms with Gasteiger partial charge in [-0.25, -0.2) is 9.37 Å². The summed E-state index contributed by atoms with van der Waals surface area (Å²) in [6, 6.07) is 16.6. The lowest BCUT2D eigenvalue weighted by Gasteiger charge is -2.06. The average Bonchev–Trinajstić information content (AvgIpc) is 3.41. The minimum absolute atomic E-state index is 0.253. The smallest absolute Gasteiger partial charge is 0.195 e. The van der Waals surface area contributed by atoms with Crippen molar-refractivity contribution in [3.8, 4) is 11.3 Å². The molecule has 8 heteroatoms. The Balaban J connectivity index is 1.47. The van der Waals surface area contributed by atoms with Crippen LogP contribution in [0.15, 0.2) is 66.2 Å². The minimum atomic E-state index is -0.253. The van der Waals surface area contributed by atoms with E-state index in [0.717, 1.165) is 27.7 Å². The summed E-state index contributed by atoms with van der Waals surface area (Å²) in [5.41, 5.74) is 3.96. The Morgan fingerprint density at radius 2 is 1.86 bits per heavy atom. The van der Waals surface area contributed by atoms with Crippen molar-refractivity contribution < 1.29 is 4.39 Å². The normalized spacial score (nSPS) is 11.3. The van der Waals surface area contributed by atoms with E-state index in [2.05, 4.69) is 37.1 Å². The first-order valence-corrected chi connectivity index (χ1v) is 10.4. The summed E-state index contributed by atoms with van der Waals surface area (Å²) in [6.45, 7) is 0.670. The molecule has 0 aliphatic heterocycles. The van der Waals surface area contributed by atoms with Gasteiger partial charge in [-0.1, -0.05) is 30.3 Å². The number of hydrogen-bond acceptors (Lipinski definition) is 4. The molecule has 0 saturated carbocycles. The number of fused-ring (bicyclic) bond motifs is 1. The fraction of sp³-hybridized carbons (Fsp3) is 0.0952. The van der Waals surface area contributed by atoms with Crippen LogP contribution in [-0.4, -0.2) is 24.1 Å². The maximum Gasteiger partial charge on any atom is 0.195 e. The fourth-order valence-corrected chi connectivity index (χ4v) is 4.38. The molecule has 0 aliphatic carbocycles. The number of halogens is 1. The number of rotatable bonds is 5. The third-order valence-corrected chi connectivity index (χ3v) is 5.98. The lowest BCUT2D eigenvalue weighted by molar-refractivity contribution is 0.628. The molecule has 29 heavy (non-hydrogen) atoms. The Bertz CT molecular complexity index is 1330. The van der Waals surface area contributed by atoms with Gasteiger partial charge in [-0.3, -0.25) is 14.1 Å². The molecule has 0 radical (unpaired) electrons. The minimum Gasteiger partial charge on any atom is -0.299 e. The van der Waals surface area contributed by atoms with Gasteiger partial charge in [0.2, 0.25) is 0 Å². The lowest BCUT2D eigenvalue weighted by Crippen LogP contribution is -2.07. The molecule has 3 aromatic heterocycles. The molecule has 2 aromatic carbocycles. The molecule has 0 fully saturated rings. The molecule has 1 N–H and O–H groups in total. The lowest BCUT2D eigenvalue weighted by atomic mass is 10.2. The number of nitrogens with one attached hydrogen (secondary N) is 1. The van der Waals surface area contributed by atoms with Gasteiger partial charge >= 0.3 is 0 Å². The largest absolute Gasteiger partial charge is 0.299 e. The Morgan fingerprint density at radius 3 is 2.66 bits per heavy atom. The summed E-state index contributed by atoms with van der Waals surface area (Å²) in [5.74, 6) is 0.618. The molecule has 0 amide bonds. The second-order valence-electron chi connectivity index (χ2n) is 6.71. The molecular formula is C21H16FN5S2. The van der Waals surface area contributed by atoms with Crippen LogP contribution in [0.1, 0.15) is 17.1 Å². The van der Waals surface area contributed by atoms with Crippen LogP contribution in [0.2, 0.25) is 0 Å². The Kier molecular flexibility index (Phi) is 4.57. The Morgan fingerprint density at radius 1 is 1.07 bits per heavy atom. The summed E-state index contributed by atoms with van der Waals surface area (Å²) in [5, 5.41) is 9.44. The van der Waals surface area contributed by atoms with Gasteiger partial charge in [0.1, 0.15) is 11.6 Å². The molecular weight excluding hydrogens is 405 g/mol. The SMILES string of the molecule is Fc1ccc(-c2cn3c(Cc4n[nH]c(=S)n4Cc4ccccc4)csc3n2)cc1. The predicted molar refractivity (Wildman–Crippen MR) is 114 cm³/mol. The third-order valence-electron chi connectivity index (χ3n) is 4.78. The van der Waals surface area contributed by atoms with Crippen molar-refractivity contribution in [1.29, 1.82) is 0 Å². The molecule has 0 spiro atoms. The molecule has 0 unspecified atom stereocenters. The van der Waals surface area contributed by atoms with Gasteiger partial charge in [0, 0.05) is 29.3 Å². The van der Waals surface area contributed by atoms with Crippen LogP contribution in [-0.2, 0) is 13.0 Å². The van der Waals surface area contributed by atoms with E-state index < -0.39 is 0 Å². The zero-order valence-corrected chi connectivity index (χ0v) is 16.9. The van der Waals surface area contributed by atoms with Crippen molar-refractivity contribution >= 4 is 28.5 Å². The Hall–Kier alpha value is -3.10. The molecule has 5 nitrogen and oxygen atoms in total. The number of nitrogens with zero attached hydrogens (tertiary/aromatic N) is 4. The number of H-pyrrole nitrogens is 1. The topological polar surface area (TPSA) is 50.9 Å². The summed E-state index contributed by atoms with van der Waals surface area (Å²) >= 11 is 7.01.